The Kier molecular flexibility index (Phi) is 11.8. The van der Waals surface area contributed by atoms with Crippen molar-refractivity contribution in [3.63, 3.8) is 0 Å². The van der Waals surface area contributed by atoms with Gasteiger partial charge in [0.05, 0.1) is 43.5 Å². The van der Waals surface area contributed by atoms with E-state index >= 15 is 8.78 Å². The monoisotopic (exact) mass is 975 g/mol. The summed E-state index contributed by atoms with van der Waals surface area (Å²) in [6, 6.07) is 14.7. The highest BCUT2D eigenvalue weighted by Gasteiger charge is 2.77. The molecule has 0 bridgehead atoms. The molecule has 362 valence electrons. The molecular weight excluding hydrogens is 928 g/mol. The number of ether oxygens (including phenoxy) is 3. The van der Waals surface area contributed by atoms with E-state index in [1.807, 2.05) is 60.4 Å². The van der Waals surface area contributed by atoms with Gasteiger partial charge in [-0.05, 0) is 82.0 Å². The predicted molar refractivity (Wildman–Crippen MR) is 245 cm³/mol. The number of alkyl halides is 5. The number of halogens is 7. The van der Waals surface area contributed by atoms with Crippen LogP contribution in [-0.2, 0) is 19.3 Å². The molecule has 2 aromatic carbocycles. The Hall–Kier alpha value is -6.02. The summed E-state index contributed by atoms with van der Waals surface area (Å²) in [5, 5.41) is 0.0599. The highest BCUT2D eigenvalue weighted by molar-refractivity contribution is 7.99. The van der Waals surface area contributed by atoms with E-state index in [4.69, 9.17) is 29.2 Å². The summed E-state index contributed by atoms with van der Waals surface area (Å²) in [6.07, 6.45) is -0.360. The lowest BCUT2D eigenvalue weighted by atomic mass is 9.90. The Balaban J connectivity index is 1.10. The van der Waals surface area contributed by atoms with Crippen LogP contribution in [0.15, 0.2) is 66.1 Å². The number of aryl methyl sites for hydroxylation is 1. The van der Waals surface area contributed by atoms with Crippen molar-refractivity contribution in [1.82, 2.24) is 34.8 Å². The molecule has 1 aliphatic carbocycles. The molecule has 3 aliphatic heterocycles. The van der Waals surface area contributed by atoms with Gasteiger partial charge in [0.2, 0.25) is 5.88 Å². The molecular formula is C49H48F7N9O3S. The number of rotatable bonds is 13. The van der Waals surface area contributed by atoms with Gasteiger partial charge in [0.1, 0.15) is 57.7 Å². The minimum absolute atomic E-state index is 0.00840. The van der Waals surface area contributed by atoms with Crippen LogP contribution in [-0.4, -0.2) is 92.5 Å². The fourth-order valence-corrected chi connectivity index (χ4v) is 11.6. The van der Waals surface area contributed by atoms with Crippen molar-refractivity contribution in [3.8, 4) is 28.8 Å². The van der Waals surface area contributed by atoms with Crippen LogP contribution >= 0.6 is 11.8 Å². The first-order valence-corrected chi connectivity index (χ1v) is 23.6. The molecule has 0 amide bonds. The fourth-order valence-electron chi connectivity index (χ4n) is 10.5. The van der Waals surface area contributed by atoms with Gasteiger partial charge in [-0.1, -0.05) is 36.0 Å². The number of anilines is 2. The highest BCUT2D eigenvalue weighted by Crippen LogP contribution is 2.70. The molecule has 10 rings (SSSR count). The lowest BCUT2D eigenvalue weighted by molar-refractivity contribution is -0.138. The van der Waals surface area contributed by atoms with Gasteiger partial charge < -0.3 is 24.0 Å². The maximum Gasteiger partial charge on any atom is 0.418 e. The SMILES string of the molecule is COc1ccc(CN(Cc2ccc(OC)cc2)c2nccnc2[C@@H](C)N2CCOc3nc(-c4nc(C)c(F)c(C)c4C(F)(F)F)c(F)c4nc(SC[C@@]56CCCN5C[C@]5(CC5(F)F)C6)nc2c34)cc1. The number of hydrogen-bond acceptors (Lipinski definition) is 13. The minimum atomic E-state index is -5.14. The van der Waals surface area contributed by atoms with Crippen LogP contribution in [0, 0.1) is 30.9 Å². The van der Waals surface area contributed by atoms with E-state index in [0.29, 0.717) is 54.8 Å². The first-order chi connectivity index (χ1) is 32.9. The Morgan fingerprint density at radius 1 is 0.841 bits per heavy atom. The summed E-state index contributed by atoms with van der Waals surface area (Å²) in [4.78, 5) is 33.9. The molecule has 4 aromatic heterocycles. The van der Waals surface area contributed by atoms with E-state index in [9.17, 15) is 22.0 Å². The van der Waals surface area contributed by atoms with Crippen LogP contribution in [0.2, 0.25) is 0 Å². The van der Waals surface area contributed by atoms with Gasteiger partial charge in [-0.25, -0.2) is 42.5 Å². The summed E-state index contributed by atoms with van der Waals surface area (Å²) in [5.74, 6) is -3.02. The third-order valence-corrected chi connectivity index (χ3v) is 15.2. The molecule has 4 aliphatic rings. The zero-order valence-corrected chi connectivity index (χ0v) is 39.2. The van der Waals surface area contributed by atoms with Gasteiger partial charge in [0.15, 0.2) is 16.8 Å². The topological polar surface area (TPSA) is 115 Å². The number of aromatic nitrogens is 6. The molecule has 2 saturated heterocycles. The largest absolute Gasteiger partial charge is 0.497 e. The van der Waals surface area contributed by atoms with Gasteiger partial charge in [0, 0.05) is 55.3 Å². The fraction of sp³-hybridized carbons (Fsp3) is 0.429. The molecule has 12 nitrogen and oxygen atoms in total. The van der Waals surface area contributed by atoms with Gasteiger partial charge in [-0.15, -0.1) is 0 Å². The zero-order valence-electron chi connectivity index (χ0n) is 38.4. The molecule has 6 aromatic rings. The standard InChI is InChI=1S/C49H48F7N9O3S/c1-27-35(49(54,55)56)40(59-28(2)36(27)50)41-37(51)39-34-42(62-45(61-39)69-26-47-15-6-18-64(47)25-46(23-47)24-48(46,52)53)65(19-20-68-44(34)60-41)29(3)38-43(58-17-16-57-38)63(21-30-7-11-32(66-4)12-8-30)22-31-9-13-33(67-5)14-10-31/h7-14,16-17,29H,6,15,18-26H2,1-5H3/t29-,46-,47+/m1/s1. The minimum Gasteiger partial charge on any atom is -0.497 e. The molecule has 7 heterocycles. The molecule has 3 atom stereocenters. The maximum atomic E-state index is 17.5. The van der Waals surface area contributed by atoms with Crippen molar-refractivity contribution in [2.24, 2.45) is 5.41 Å². The molecule has 1 saturated carbocycles. The second-order valence-corrected chi connectivity index (χ2v) is 19.3. The van der Waals surface area contributed by atoms with Crippen LogP contribution in [0.3, 0.4) is 0 Å². The van der Waals surface area contributed by atoms with Crippen LogP contribution in [0.5, 0.6) is 17.4 Å². The Labute approximate surface area is 397 Å². The van der Waals surface area contributed by atoms with E-state index < -0.39 is 68.8 Å². The quantitative estimate of drug-likeness (QED) is 0.0622. The van der Waals surface area contributed by atoms with E-state index in [0.717, 1.165) is 24.5 Å². The van der Waals surface area contributed by atoms with Gasteiger partial charge in [-0.2, -0.15) is 13.2 Å². The van der Waals surface area contributed by atoms with Crippen molar-refractivity contribution >= 4 is 34.3 Å². The van der Waals surface area contributed by atoms with Crippen molar-refractivity contribution in [2.75, 3.05) is 56.0 Å². The summed E-state index contributed by atoms with van der Waals surface area (Å²) in [6.45, 7) is 5.83. The van der Waals surface area contributed by atoms with Crippen molar-refractivity contribution in [2.45, 2.75) is 88.4 Å². The Morgan fingerprint density at radius 2 is 1.49 bits per heavy atom. The summed E-state index contributed by atoms with van der Waals surface area (Å²) >= 11 is 1.18. The number of pyridine rings is 2. The molecule has 0 unspecified atom stereocenters. The highest BCUT2D eigenvalue weighted by atomic mass is 32.2. The van der Waals surface area contributed by atoms with Gasteiger partial charge in [-0.3, -0.25) is 9.88 Å². The predicted octanol–water partition coefficient (Wildman–Crippen LogP) is 10.3. The van der Waals surface area contributed by atoms with Gasteiger partial charge in [0.25, 0.3) is 5.92 Å². The summed E-state index contributed by atoms with van der Waals surface area (Å²) in [5.41, 5.74) is -4.00. The summed E-state index contributed by atoms with van der Waals surface area (Å²) < 4.78 is 124. The van der Waals surface area contributed by atoms with E-state index in [1.54, 1.807) is 26.6 Å². The second-order valence-electron chi connectivity index (χ2n) is 18.4. The Bertz CT molecular complexity index is 2900. The third-order valence-electron chi connectivity index (χ3n) is 14.1. The number of fused-ring (bicyclic) bond motifs is 1. The molecule has 20 heteroatoms. The molecule has 0 N–H and O–H groups in total. The first kappa shape index (κ1) is 46.7. The van der Waals surface area contributed by atoms with Crippen LogP contribution in [0.4, 0.5) is 42.4 Å². The number of hydrogen-bond donors (Lipinski definition) is 0. The lowest BCUT2D eigenvalue weighted by Crippen LogP contribution is -2.40. The molecule has 0 radical (unpaired) electrons. The normalized spacial score (nSPS) is 21.0. The van der Waals surface area contributed by atoms with E-state index in [2.05, 4.69) is 24.8 Å². The number of nitrogens with zero attached hydrogens (tertiary/aromatic N) is 9. The molecule has 3 fully saturated rings. The molecule has 1 spiro atoms. The van der Waals surface area contributed by atoms with Gasteiger partial charge >= 0.3 is 6.18 Å². The van der Waals surface area contributed by atoms with E-state index in [1.165, 1.54) is 18.7 Å². The maximum absolute atomic E-state index is 17.5. The first-order valence-electron chi connectivity index (χ1n) is 22.6. The number of methoxy groups -OCH3 is 2. The third kappa shape index (κ3) is 8.29. The van der Waals surface area contributed by atoms with Crippen molar-refractivity contribution in [1.29, 1.82) is 0 Å². The zero-order chi connectivity index (χ0) is 48.6. The summed E-state index contributed by atoms with van der Waals surface area (Å²) in [7, 11) is 3.19. The molecule has 69 heavy (non-hydrogen) atoms. The average Bonchev–Trinajstić information content (AvgIpc) is 3.53. The van der Waals surface area contributed by atoms with Crippen LogP contribution in [0.1, 0.15) is 72.3 Å². The number of thioether (sulfide) groups is 1. The van der Waals surface area contributed by atoms with E-state index in [-0.39, 0.29) is 60.5 Å². The smallest absolute Gasteiger partial charge is 0.418 e. The second kappa shape index (κ2) is 17.4. The number of benzene rings is 2. The average molecular weight is 976 g/mol. The van der Waals surface area contributed by atoms with Crippen molar-refractivity contribution < 1.29 is 44.9 Å². The Morgan fingerprint density at radius 3 is 2.12 bits per heavy atom. The lowest BCUT2D eigenvalue weighted by Gasteiger charge is -2.33. The van der Waals surface area contributed by atoms with Crippen molar-refractivity contribution in [3.05, 3.63) is 106 Å². The van der Waals surface area contributed by atoms with Crippen LogP contribution in [0.25, 0.3) is 22.3 Å². The van der Waals surface area contributed by atoms with Crippen LogP contribution < -0.4 is 24.0 Å².